The summed E-state index contributed by atoms with van der Waals surface area (Å²) in [5.74, 6) is 0. The van der Waals surface area contributed by atoms with Gasteiger partial charge in [0.15, 0.2) is 5.11 Å². The predicted octanol–water partition coefficient (Wildman–Crippen LogP) is 2.15. The third kappa shape index (κ3) is 5.89. The Morgan fingerprint density at radius 2 is 1.74 bits per heavy atom. The van der Waals surface area contributed by atoms with Crippen molar-refractivity contribution >= 4 is 23.0 Å². The fourth-order valence-corrected chi connectivity index (χ4v) is 2.04. The zero-order valence-electron chi connectivity index (χ0n) is 11.8. The number of nitrogens with one attached hydrogen (secondary N) is 2. The van der Waals surface area contributed by atoms with E-state index in [1.165, 1.54) is 24.1 Å². The van der Waals surface area contributed by atoms with E-state index in [0.717, 1.165) is 13.1 Å². The summed E-state index contributed by atoms with van der Waals surface area (Å²) in [6, 6.07) is 8.59. The minimum atomic E-state index is 0.258. The van der Waals surface area contributed by atoms with Gasteiger partial charge in [0.05, 0.1) is 0 Å². The van der Waals surface area contributed by atoms with Gasteiger partial charge < -0.3 is 10.6 Å². The van der Waals surface area contributed by atoms with Gasteiger partial charge >= 0.3 is 0 Å². The Hall–Kier alpha value is -1.33. The molecule has 0 heterocycles. The number of nitrogens with two attached hydrogens (primary N) is 1. The molecule has 0 atom stereocenters. The van der Waals surface area contributed by atoms with Crippen molar-refractivity contribution in [2.75, 3.05) is 18.0 Å². The molecule has 19 heavy (non-hydrogen) atoms. The number of hydrogen-bond donors (Lipinski definition) is 3. The first-order chi connectivity index (χ1) is 9.17. The van der Waals surface area contributed by atoms with Gasteiger partial charge in [-0.2, -0.15) is 0 Å². The van der Waals surface area contributed by atoms with E-state index >= 15 is 0 Å². The summed E-state index contributed by atoms with van der Waals surface area (Å²) in [6.45, 7) is 7.33. The summed E-state index contributed by atoms with van der Waals surface area (Å²) < 4.78 is 0. The Morgan fingerprint density at radius 3 is 2.21 bits per heavy atom. The molecule has 0 spiro atoms. The maximum Gasteiger partial charge on any atom is 0.178 e. The average molecular weight is 280 g/mol. The van der Waals surface area contributed by atoms with Crippen molar-refractivity contribution in [1.82, 2.24) is 10.9 Å². The van der Waals surface area contributed by atoms with Crippen molar-refractivity contribution in [3.05, 3.63) is 29.8 Å². The topological polar surface area (TPSA) is 53.3 Å². The van der Waals surface area contributed by atoms with Crippen LogP contribution in [-0.2, 0) is 6.54 Å². The quantitative estimate of drug-likeness (QED) is 0.503. The summed E-state index contributed by atoms with van der Waals surface area (Å²) in [4.78, 5) is 2.42. The molecule has 0 aliphatic carbocycles. The molecule has 106 valence electrons. The molecule has 1 rings (SSSR count). The summed E-state index contributed by atoms with van der Waals surface area (Å²) in [6.07, 6.45) is 2.34. The number of hydrazine groups is 1. The lowest BCUT2D eigenvalue weighted by molar-refractivity contribution is 0.655. The summed E-state index contributed by atoms with van der Waals surface area (Å²) in [7, 11) is 0. The molecule has 0 aliphatic rings. The second kappa shape index (κ2) is 8.72. The lowest BCUT2D eigenvalue weighted by Gasteiger charge is -2.24. The highest BCUT2D eigenvalue weighted by atomic mass is 32.1. The van der Waals surface area contributed by atoms with E-state index in [1.807, 2.05) is 0 Å². The number of benzene rings is 1. The van der Waals surface area contributed by atoms with Crippen molar-refractivity contribution in [3.63, 3.8) is 0 Å². The molecule has 4 N–H and O–H groups in total. The maximum absolute atomic E-state index is 5.34. The third-order valence-corrected chi connectivity index (χ3v) is 2.89. The van der Waals surface area contributed by atoms with Crippen molar-refractivity contribution in [3.8, 4) is 0 Å². The van der Waals surface area contributed by atoms with Crippen LogP contribution in [0.5, 0.6) is 0 Å². The molecular weight excluding hydrogens is 256 g/mol. The second-order valence-corrected chi connectivity index (χ2v) is 4.94. The van der Waals surface area contributed by atoms with Gasteiger partial charge in [0.1, 0.15) is 0 Å². The molecule has 0 radical (unpaired) electrons. The first-order valence-electron chi connectivity index (χ1n) is 6.79. The van der Waals surface area contributed by atoms with Crippen molar-refractivity contribution in [2.24, 2.45) is 5.73 Å². The van der Waals surface area contributed by atoms with E-state index < -0.39 is 0 Å². The van der Waals surface area contributed by atoms with E-state index in [1.54, 1.807) is 0 Å². The van der Waals surface area contributed by atoms with Gasteiger partial charge in [-0.05, 0) is 42.8 Å². The number of thiocarbonyl (C=S) groups is 1. The Bertz CT molecular complexity index is 372. The maximum atomic E-state index is 5.34. The number of nitrogens with zero attached hydrogens (tertiary/aromatic N) is 1. The molecule has 0 amide bonds. The first-order valence-corrected chi connectivity index (χ1v) is 7.20. The van der Waals surface area contributed by atoms with Crippen LogP contribution in [0.3, 0.4) is 0 Å². The molecule has 0 fully saturated rings. The fourth-order valence-electron chi connectivity index (χ4n) is 1.97. The van der Waals surface area contributed by atoms with E-state index in [2.05, 4.69) is 53.9 Å². The van der Waals surface area contributed by atoms with Crippen LogP contribution in [0.2, 0.25) is 0 Å². The number of anilines is 1. The zero-order chi connectivity index (χ0) is 14.1. The molecule has 5 heteroatoms. The fraction of sp³-hybridized carbons (Fsp3) is 0.500. The molecule has 1 aromatic rings. The molecule has 0 aliphatic heterocycles. The van der Waals surface area contributed by atoms with Crippen LogP contribution in [0.1, 0.15) is 32.3 Å². The average Bonchev–Trinajstić information content (AvgIpc) is 2.39. The van der Waals surface area contributed by atoms with Crippen LogP contribution < -0.4 is 21.5 Å². The summed E-state index contributed by atoms with van der Waals surface area (Å²) in [5.41, 5.74) is 13.5. The van der Waals surface area contributed by atoms with Crippen molar-refractivity contribution in [1.29, 1.82) is 0 Å². The Labute approximate surface area is 121 Å². The van der Waals surface area contributed by atoms with Crippen LogP contribution in [0.15, 0.2) is 24.3 Å². The SMILES string of the molecule is CCCN(CCC)c1ccc(CNNC(N)=S)cc1. The summed E-state index contributed by atoms with van der Waals surface area (Å²) >= 11 is 4.72. The standard InChI is InChI=1S/C14H24N4S/c1-3-9-18(10-4-2)13-7-5-12(6-8-13)11-16-17-14(15)19/h5-8,16H,3-4,9-11H2,1-2H3,(H3,15,17,19). The smallest absolute Gasteiger partial charge is 0.178 e. The monoisotopic (exact) mass is 280 g/mol. The molecule has 0 aromatic heterocycles. The molecular formula is C14H24N4S. The highest BCUT2D eigenvalue weighted by Crippen LogP contribution is 2.16. The highest BCUT2D eigenvalue weighted by molar-refractivity contribution is 7.80. The van der Waals surface area contributed by atoms with Gasteiger partial charge in [-0.1, -0.05) is 26.0 Å². The lowest BCUT2D eigenvalue weighted by Crippen LogP contribution is -2.40. The second-order valence-electron chi connectivity index (χ2n) is 4.50. The van der Waals surface area contributed by atoms with E-state index in [0.29, 0.717) is 6.54 Å². The number of hydrogen-bond acceptors (Lipinski definition) is 3. The third-order valence-electron chi connectivity index (χ3n) is 2.79. The van der Waals surface area contributed by atoms with Crippen molar-refractivity contribution < 1.29 is 0 Å². The van der Waals surface area contributed by atoms with E-state index in [-0.39, 0.29) is 5.11 Å². The Kier molecular flexibility index (Phi) is 7.22. The van der Waals surface area contributed by atoms with Gasteiger partial charge in [-0.15, -0.1) is 0 Å². The van der Waals surface area contributed by atoms with Crippen LogP contribution in [-0.4, -0.2) is 18.2 Å². The number of rotatable bonds is 8. The van der Waals surface area contributed by atoms with E-state index in [4.69, 9.17) is 18.0 Å². The molecule has 1 aromatic carbocycles. The largest absolute Gasteiger partial charge is 0.375 e. The van der Waals surface area contributed by atoms with Crippen LogP contribution >= 0.6 is 12.2 Å². The van der Waals surface area contributed by atoms with Gasteiger partial charge in [-0.3, -0.25) is 5.43 Å². The Morgan fingerprint density at radius 1 is 1.16 bits per heavy atom. The normalized spacial score (nSPS) is 10.2. The molecule has 0 unspecified atom stereocenters. The van der Waals surface area contributed by atoms with Crippen LogP contribution in [0.4, 0.5) is 5.69 Å². The van der Waals surface area contributed by atoms with Crippen molar-refractivity contribution in [2.45, 2.75) is 33.2 Å². The van der Waals surface area contributed by atoms with Gasteiger partial charge in [0.25, 0.3) is 0 Å². The summed E-state index contributed by atoms with van der Waals surface area (Å²) in [5, 5.41) is 0.258. The molecule has 0 bridgehead atoms. The molecule has 0 saturated heterocycles. The minimum Gasteiger partial charge on any atom is -0.375 e. The van der Waals surface area contributed by atoms with E-state index in [9.17, 15) is 0 Å². The predicted molar refractivity (Wildman–Crippen MR) is 86.0 cm³/mol. The van der Waals surface area contributed by atoms with Gasteiger partial charge in [0.2, 0.25) is 0 Å². The van der Waals surface area contributed by atoms with Gasteiger partial charge in [-0.25, -0.2) is 5.43 Å². The minimum absolute atomic E-state index is 0.258. The lowest BCUT2D eigenvalue weighted by atomic mass is 10.2. The van der Waals surface area contributed by atoms with Crippen LogP contribution in [0.25, 0.3) is 0 Å². The van der Waals surface area contributed by atoms with Crippen LogP contribution in [0, 0.1) is 0 Å². The molecule has 4 nitrogen and oxygen atoms in total. The molecule has 0 saturated carbocycles. The first kappa shape index (κ1) is 15.7. The highest BCUT2D eigenvalue weighted by Gasteiger charge is 2.04. The zero-order valence-corrected chi connectivity index (χ0v) is 12.6. The van der Waals surface area contributed by atoms with Gasteiger partial charge in [0, 0.05) is 25.3 Å². The Balaban J connectivity index is 2.55.